The maximum absolute atomic E-state index is 12.9. The molecule has 34 heavy (non-hydrogen) atoms. The van der Waals surface area contributed by atoms with E-state index in [4.69, 9.17) is 18.9 Å². The van der Waals surface area contributed by atoms with Gasteiger partial charge in [-0.15, -0.1) is 0 Å². The summed E-state index contributed by atoms with van der Waals surface area (Å²) in [4.78, 5) is 54.6. The van der Waals surface area contributed by atoms with Gasteiger partial charge in [0.2, 0.25) is 11.7 Å². The Balaban J connectivity index is 1.70. The van der Waals surface area contributed by atoms with E-state index in [1.54, 1.807) is 32.0 Å². The molecule has 0 radical (unpaired) electrons. The number of anilines is 1. The predicted molar refractivity (Wildman–Crippen MR) is 121 cm³/mol. The number of methoxy groups -OCH3 is 3. The topological polar surface area (TPSA) is 124 Å². The van der Waals surface area contributed by atoms with Gasteiger partial charge in [-0.05, 0) is 38.5 Å². The van der Waals surface area contributed by atoms with Crippen molar-refractivity contribution in [3.63, 3.8) is 0 Å². The molecule has 1 amide bonds. The molecule has 2 atom stereocenters. The molecule has 3 rings (SSSR count). The molecule has 2 aromatic rings. The molecular weight excluding hydrogens is 444 g/mol. The van der Waals surface area contributed by atoms with E-state index >= 15 is 0 Å². The number of Topliss-reactive ketones (excluding diaryl/α,β-unsaturated/α-hetero) is 1. The first kappa shape index (κ1) is 24.8. The number of benzene rings is 1. The van der Waals surface area contributed by atoms with Gasteiger partial charge in [0.15, 0.2) is 17.6 Å². The minimum atomic E-state index is -1.11. The third-order valence-electron chi connectivity index (χ3n) is 5.87. The zero-order valence-corrected chi connectivity index (χ0v) is 20.0. The van der Waals surface area contributed by atoms with E-state index < -0.39 is 29.7 Å². The number of aromatic nitrogens is 1. The summed E-state index contributed by atoms with van der Waals surface area (Å²) >= 11 is 0. The molecule has 1 aromatic heterocycles. The fraction of sp³-hybridized carbons (Fsp3) is 0.417. The number of esters is 2. The highest BCUT2D eigenvalue weighted by Gasteiger charge is 2.38. The van der Waals surface area contributed by atoms with E-state index in [0.29, 0.717) is 28.4 Å². The van der Waals surface area contributed by atoms with Gasteiger partial charge in [-0.1, -0.05) is 0 Å². The second-order valence-corrected chi connectivity index (χ2v) is 8.00. The number of H-pyrrole nitrogens is 1. The summed E-state index contributed by atoms with van der Waals surface area (Å²) in [5.41, 5.74) is 1.92. The lowest BCUT2D eigenvalue weighted by molar-refractivity contribution is -0.151. The zero-order chi connectivity index (χ0) is 25.2. The first-order chi connectivity index (χ1) is 16.1. The molecule has 182 valence electrons. The largest absolute Gasteiger partial charge is 0.493 e. The van der Waals surface area contributed by atoms with Gasteiger partial charge >= 0.3 is 11.9 Å². The predicted octanol–water partition coefficient (Wildman–Crippen LogP) is 2.60. The summed E-state index contributed by atoms with van der Waals surface area (Å²) < 4.78 is 20.7. The van der Waals surface area contributed by atoms with Crippen LogP contribution >= 0.6 is 0 Å². The number of aromatic amines is 1. The van der Waals surface area contributed by atoms with Crippen LogP contribution in [0.1, 0.15) is 45.4 Å². The van der Waals surface area contributed by atoms with Crippen molar-refractivity contribution in [2.75, 3.05) is 32.8 Å². The third-order valence-corrected chi connectivity index (χ3v) is 5.87. The molecule has 1 fully saturated rings. The fourth-order valence-electron chi connectivity index (χ4n) is 4.04. The van der Waals surface area contributed by atoms with Crippen LogP contribution in [0.3, 0.4) is 0 Å². The smallest absolute Gasteiger partial charge is 0.339 e. The van der Waals surface area contributed by atoms with E-state index in [1.165, 1.54) is 33.2 Å². The summed E-state index contributed by atoms with van der Waals surface area (Å²) in [6.07, 6.45) is -1.15. The standard InChI is InChI=1S/C24H28N2O8/c1-12-20(24(30)33-6)13(2)25-21(12)22(28)14(3)34-23(29)15-9-19(27)26(11-15)16-7-8-17(31-4)18(10-16)32-5/h7-8,10,14-15,25H,9,11H2,1-6H3. The lowest BCUT2D eigenvalue weighted by Gasteiger charge is -2.19. The van der Waals surface area contributed by atoms with Crippen LogP contribution in [-0.2, 0) is 19.1 Å². The number of ether oxygens (including phenoxy) is 4. The second kappa shape index (κ2) is 9.98. The van der Waals surface area contributed by atoms with Crippen molar-refractivity contribution in [3.8, 4) is 11.5 Å². The number of aryl methyl sites for hydroxylation is 1. The lowest BCUT2D eigenvalue weighted by atomic mass is 10.1. The van der Waals surface area contributed by atoms with E-state index in [2.05, 4.69) is 4.98 Å². The van der Waals surface area contributed by atoms with Gasteiger partial charge in [-0.2, -0.15) is 0 Å². The molecule has 0 spiro atoms. The highest BCUT2D eigenvalue weighted by Crippen LogP contribution is 2.34. The number of hydrogen-bond acceptors (Lipinski definition) is 8. The third kappa shape index (κ3) is 4.61. The van der Waals surface area contributed by atoms with E-state index in [1.807, 2.05) is 0 Å². The summed E-state index contributed by atoms with van der Waals surface area (Å²) in [5.74, 6) is -1.68. The number of amides is 1. The van der Waals surface area contributed by atoms with Crippen LogP contribution in [-0.4, -0.2) is 62.6 Å². The molecule has 1 aromatic carbocycles. The number of rotatable bonds is 8. The number of nitrogens with zero attached hydrogens (tertiary/aromatic N) is 1. The quantitative estimate of drug-likeness (QED) is 0.459. The Kier molecular flexibility index (Phi) is 7.29. The van der Waals surface area contributed by atoms with E-state index in [9.17, 15) is 19.2 Å². The number of hydrogen-bond donors (Lipinski definition) is 1. The number of carbonyl (C=O) groups is 4. The van der Waals surface area contributed by atoms with Crippen molar-refractivity contribution in [2.24, 2.45) is 5.92 Å². The van der Waals surface area contributed by atoms with Gasteiger partial charge in [0.05, 0.1) is 38.5 Å². The van der Waals surface area contributed by atoms with Crippen LogP contribution in [0.4, 0.5) is 5.69 Å². The highest BCUT2D eigenvalue weighted by atomic mass is 16.5. The first-order valence-electron chi connectivity index (χ1n) is 10.7. The number of carbonyl (C=O) groups excluding carboxylic acids is 4. The van der Waals surface area contributed by atoms with Crippen molar-refractivity contribution in [1.29, 1.82) is 0 Å². The number of ketones is 1. The monoisotopic (exact) mass is 472 g/mol. The maximum Gasteiger partial charge on any atom is 0.339 e. The van der Waals surface area contributed by atoms with Crippen molar-refractivity contribution < 1.29 is 38.1 Å². The van der Waals surface area contributed by atoms with Crippen LogP contribution in [0.2, 0.25) is 0 Å². The molecule has 1 aliphatic heterocycles. The molecular formula is C24H28N2O8. The average Bonchev–Trinajstić information content (AvgIpc) is 3.36. The normalized spacial score (nSPS) is 16.2. The fourth-order valence-corrected chi connectivity index (χ4v) is 4.04. The maximum atomic E-state index is 12.9. The van der Waals surface area contributed by atoms with Crippen LogP contribution in [0.5, 0.6) is 11.5 Å². The first-order valence-corrected chi connectivity index (χ1v) is 10.7. The Morgan fingerprint density at radius 3 is 2.38 bits per heavy atom. The summed E-state index contributed by atoms with van der Waals surface area (Å²) in [6, 6.07) is 5.04. The van der Waals surface area contributed by atoms with Crippen molar-refractivity contribution >= 4 is 29.3 Å². The molecule has 2 heterocycles. The molecule has 1 N–H and O–H groups in total. The van der Waals surface area contributed by atoms with Crippen molar-refractivity contribution in [2.45, 2.75) is 33.3 Å². The minimum Gasteiger partial charge on any atom is -0.493 e. The van der Waals surface area contributed by atoms with E-state index in [0.717, 1.165) is 0 Å². The Bertz CT molecular complexity index is 1140. The Hall–Kier alpha value is -3.82. The van der Waals surface area contributed by atoms with Crippen LogP contribution in [0.15, 0.2) is 18.2 Å². The molecule has 0 bridgehead atoms. The van der Waals surface area contributed by atoms with Gasteiger partial charge in [0.25, 0.3) is 0 Å². The number of nitrogens with one attached hydrogen (secondary N) is 1. The molecule has 10 nitrogen and oxygen atoms in total. The van der Waals surface area contributed by atoms with Gasteiger partial charge in [-0.25, -0.2) is 4.79 Å². The Labute approximate surface area is 197 Å². The van der Waals surface area contributed by atoms with Crippen LogP contribution in [0, 0.1) is 19.8 Å². The highest BCUT2D eigenvalue weighted by molar-refractivity contribution is 6.04. The molecule has 1 aliphatic rings. The lowest BCUT2D eigenvalue weighted by Crippen LogP contribution is -2.30. The summed E-state index contributed by atoms with van der Waals surface area (Å²) in [7, 11) is 4.26. The minimum absolute atomic E-state index is 0.0405. The molecule has 10 heteroatoms. The van der Waals surface area contributed by atoms with Gasteiger partial charge in [-0.3, -0.25) is 14.4 Å². The van der Waals surface area contributed by atoms with Crippen LogP contribution in [0.25, 0.3) is 0 Å². The summed E-state index contributed by atoms with van der Waals surface area (Å²) in [6.45, 7) is 4.84. The van der Waals surface area contributed by atoms with Gasteiger partial charge in [0.1, 0.15) is 0 Å². The zero-order valence-electron chi connectivity index (χ0n) is 20.0. The van der Waals surface area contributed by atoms with Gasteiger partial charge in [0, 0.05) is 30.4 Å². The summed E-state index contributed by atoms with van der Waals surface area (Å²) in [5, 5.41) is 0. The molecule has 2 unspecified atom stereocenters. The molecule has 1 saturated heterocycles. The molecule has 0 aliphatic carbocycles. The van der Waals surface area contributed by atoms with E-state index in [-0.39, 0.29) is 30.1 Å². The Morgan fingerprint density at radius 1 is 1.09 bits per heavy atom. The van der Waals surface area contributed by atoms with Crippen molar-refractivity contribution in [1.82, 2.24) is 4.98 Å². The average molecular weight is 472 g/mol. The van der Waals surface area contributed by atoms with Crippen LogP contribution < -0.4 is 14.4 Å². The Morgan fingerprint density at radius 2 is 1.76 bits per heavy atom. The van der Waals surface area contributed by atoms with Gasteiger partial charge < -0.3 is 28.8 Å². The second-order valence-electron chi connectivity index (χ2n) is 8.00. The van der Waals surface area contributed by atoms with Crippen molar-refractivity contribution in [3.05, 3.63) is 40.7 Å². The molecule has 0 saturated carbocycles. The SMILES string of the molecule is COC(=O)c1c(C)[nH]c(C(=O)C(C)OC(=O)C2CC(=O)N(c3ccc(OC)c(OC)c3)C2)c1C.